The molecule has 0 radical (unpaired) electrons. The van der Waals surface area contributed by atoms with Gasteiger partial charge in [-0.25, -0.2) is 4.39 Å². The van der Waals surface area contributed by atoms with Gasteiger partial charge >= 0.3 is 0 Å². The standard InChI is InChI=1S/C13H13ClFNO/c1-2-13(17)16-12-5-3-4-9-10(12)6-8(14)7-11(9)15/h2,6-7,12H,1,3-5H2,(H,16,17). The molecule has 1 unspecified atom stereocenters. The van der Waals surface area contributed by atoms with E-state index in [1.54, 1.807) is 6.07 Å². The summed E-state index contributed by atoms with van der Waals surface area (Å²) in [6, 6.07) is 2.88. The summed E-state index contributed by atoms with van der Waals surface area (Å²) in [5.74, 6) is -0.534. The first kappa shape index (κ1) is 12.1. The second kappa shape index (κ2) is 4.88. The summed E-state index contributed by atoms with van der Waals surface area (Å²) >= 11 is 5.84. The van der Waals surface area contributed by atoms with Crippen molar-refractivity contribution in [1.29, 1.82) is 0 Å². The van der Waals surface area contributed by atoms with Crippen molar-refractivity contribution in [2.24, 2.45) is 0 Å². The fraction of sp³-hybridized carbons (Fsp3) is 0.308. The topological polar surface area (TPSA) is 29.1 Å². The molecule has 1 amide bonds. The van der Waals surface area contributed by atoms with Crippen molar-refractivity contribution in [1.82, 2.24) is 5.32 Å². The number of rotatable bonds is 2. The Labute approximate surface area is 104 Å². The minimum atomic E-state index is -0.287. The molecule has 2 rings (SSSR count). The number of carbonyl (C=O) groups excluding carboxylic acids is 1. The molecule has 4 heteroatoms. The maximum atomic E-state index is 13.7. The quantitative estimate of drug-likeness (QED) is 0.806. The van der Waals surface area contributed by atoms with Crippen LogP contribution in [0.2, 0.25) is 5.02 Å². The monoisotopic (exact) mass is 253 g/mol. The van der Waals surface area contributed by atoms with Crippen LogP contribution < -0.4 is 5.32 Å². The van der Waals surface area contributed by atoms with Crippen molar-refractivity contribution < 1.29 is 9.18 Å². The van der Waals surface area contributed by atoms with Crippen molar-refractivity contribution in [3.63, 3.8) is 0 Å². The molecule has 0 aromatic heterocycles. The molecule has 0 saturated carbocycles. The molecular weight excluding hydrogens is 241 g/mol. The molecule has 1 aliphatic rings. The first-order chi connectivity index (χ1) is 8.11. The maximum Gasteiger partial charge on any atom is 0.243 e. The fourth-order valence-electron chi connectivity index (χ4n) is 2.22. The lowest BCUT2D eigenvalue weighted by Crippen LogP contribution is -2.29. The second-order valence-electron chi connectivity index (χ2n) is 4.11. The molecule has 0 fully saturated rings. The second-order valence-corrected chi connectivity index (χ2v) is 4.55. The van der Waals surface area contributed by atoms with E-state index in [-0.39, 0.29) is 17.8 Å². The van der Waals surface area contributed by atoms with Crippen LogP contribution in [-0.4, -0.2) is 5.91 Å². The molecule has 0 saturated heterocycles. The van der Waals surface area contributed by atoms with Crippen molar-refractivity contribution in [2.45, 2.75) is 25.3 Å². The van der Waals surface area contributed by atoms with E-state index in [4.69, 9.17) is 11.6 Å². The SMILES string of the molecule is C=CC(=O)NC1CCCc2c(F)cc(Cl)cc21. The van der Waals surface area contributed by atoms with E-state index in [1.165, 1.54) is 12.1 Å². The van der Waals surface area contributed by atoms with Crippen LogP contribution in [0.4, 0.5) is 4.39 Å². The molecule has 1 aliphatic carbocycles. The van der Waals surface area contributed by atoms with E-state index >= 15 is 0 Å². The lowest BCUT2D eigenvalue weighted by atomic mass is 9.87. The predicted molar refractivity (Wildman–Crippen MR) is 65.4 cm³/mol. The summed E-state index contributed by atoms with van der Waals surface area (Å²) in [5.41, 5.74) is 1.45. The minimum absolute atomic E-state index is 0.169. The van der Waals surface area contributed by atoms with E-state index in [0.29, 0.717) is 17.0 Å². The van der Waals surface area contributed by atoms with Crippen LogP contribution in [0.1, 0.15) is 30.0 Å². The van der Waals surface area contributed by atoms with Gasteiger partial charge in [0.2, 0.25) is 5.91 Å². The number of nitrogens with one attached hydrogen (secondary N) is 1. The molecule has 1 N–H and O–H groups in total. The molecule has 0 aliphatic heterocycles. The third kappa shape index (κ3) is 2.50. The molecule has 0 spiro atoms. The summed E-state index contributed by atoms with van der Waals surface area (Å²) in [6.07, 6.45) is 3.56. The number of hydrogen-bond acceptors (Lipinski definition) is 1. The van der Waals surface area contributed by atoms with Crippen molar-refractivity contribution >= 4 is 17.5 Å². The Hall–Kier alpha value is -1.35. The number of amides is 1. The largest absolute Gasteiger partial charge is 0.346 e. The van der Waals surface area contributed by atoms with E-state index < -0.39 is 0 Å². The van der Waals surface area contributed by atoms with Crippen LogP contribution in [0.25, 0.3) is 0 Å². The van der Waals surface area contributed by atoms with Crippen LogP contribution in [-0.2, 0) is 11.2 Å². The summed E-state index contributed by atoms with van der Waals surface area (Å²) in [5, 5.41) is 3.16. The molecule has 1 atom stereocenters. The zero-order valence-corrected chi connectivity index (χ0v) is 10.1. The summed E-state index contributed by atoms with van der Waals surface area (Å²) < 4.78 is 13.7. The number of fused-ring (bicyclic) bond motifs is 1. The fourth-order valence-corrected chi connectivity index (χ4v) is 2.43. The number of carbonyl (C=O) groups is 1. The zero-order valence-electron chi connectivity index (χ0n) is 9.30. The third-order valence-corrected chi connectivity index (χ3v) is 3.21. The number of hydrogen-bond donors (Lipinski definition) is 1. The highest BCUT2D eigenvalue weighted by Crippen LogP contribution is 2.33. The van der Waals surface area contributed by atoms with Gasteiger partial charge in [-0.15, -0.1) is 0 Å². The summed E-state index contributed by atoms with van der Waals surface area (Å²) in [7, 11) is 0. The van der Waals surface area contributed by atoms with Crippen molar-refractivity contribution in [3.05, 3.63) is 46.8 Å². The number of benzene rings is 1. The summed E-state index contributed by atoms with van der Waals surface area (Å²) in [4.78, 5) is 11.3. The maximum absolute atomic E-state index is 13.7. The highest BCUT2D eigenvalue weighted by atomic mass is 35.5. The van der Waals surface area contributed by atoms with Gasteiger partial charge in [0.15, 0.2) is 0 Å². The minimum Gasteiger partial charge on any atom is -0.346 e. The lowest BCUT2D eigenvalue weighted by molar-refractivity contribution is -0.117. The average Bonchev–Trinajstić information content (AvgIpc) is 2.30. The average molecular weight is 254 g/mol. The Morgan fingerprint density at radius 1 is 1.59 bits per heavy atom. The smallest absolute Gasteiger partial charge is 0.243 e. The van der Waals surface area contributed by atoms with Gasteiger partial charge in [-0.3, -0.25) is 4.79 Å². The van der Waals surface area contributed by atoms with Gasteiger partial charge < -0.3 is 5.32 Å². The summed E-state index contributed by atoms with van der Waals surface area (Å²) in [6.45, 7) is 3.41. The highest BCUT2D eigenvalue weighted by Gasteiger charge is 2.24. The van der Waals surface area contributed by atoms with E-state index in [1.807, 2.05) is 0 Å². The Morgan fingerprint density at radius 3 is 3.06 bits per heavy atom. The van der Waals surface area contributed by atoms with Gasteiger partial charge in [0, 0.05) is 5.02 Å². The van der Waals surface area contributed by atoms with Crippen LogP contribution >= 0.6 is 11.6 Å². The molecule has 2 nitrogen and oxygen atoms in total. The first-order valence-corrected chi connectivity index (χ1v) is 5.90. The van der Waals surface area contributed by atoms with Gasteiger partial charge in [-0.2, -0.15) is 0 Å². The van der Waals surface area contributed by atoms with Gasteiger partial charge in [0.25, 0.3) is 0 Å². The Morgan fingerprint density at radius 2 is 2.35 bits per heavy atom. The van der Waals surface area contributed by atoms with Crippen LogP contribution in [0, 0.1) is 5.82 Å². The normalized spacial score (nSPS) is 18.4. The third-order valence-electron chi connectivity index (χ3n) is 2.99. The van der Waals surface area contributed by atoms with Crippen LogP contribution in [0.5, 0.6) is 0 Å². The number of halogens is 2. The van der Waals surface area contributed by atoms with E-state index in [2.05, 4.69) is 11.9 Å². The van der Waals surface area contributed by atoms with Gasteiger partial charge in [0.1, 0.15) is 5.82 Å². The van der Waals surface area contributed by atoms with E-state index in [0.717, 1.165) is 18.4 Å². The molecule has 17 heavy (non-hydrogen) atoms. The molecule has 1 aromatic carbocycles. The van der Waals surface area contributed by atoms with Gasteiger partial charge in [-0.05, 0) is 48.6 Å². The van der Waals surface area contributed by atoms with Crippen molar-refractivity contribution in [3.8, 4) is 0 Å². The predicted octanol–water partition coefficient (Wildman–Crippen LogP) is 3.16. The van der Waals surface area contributed by atoms with E-state index in [9.17, 15) is 9.18 Å². The lowest BCUT2D eigenvalue weighted by Gasteiger charge is -2.26. The highest BCUT2D eigenvalue weighted by molar-refractivity contribution is 6.30. The van der Waals surface area contributed by atoms with Crippen LogP contribution in [0.15, 0.2) is 24.8 Å². The molecule has 0 bridgehead atoms. The van der Waals surface area contributed by atoms with Crippen molar-refractivity contribution in [2.75, 3.05) is 0 Å². The zero-order chi connectivity index (χ0) is 12.4. The van der Waals surface area contributed by atoms with Crippen LogP contribution in [0.3, 0.4) is 0 Å². The molecule has 90 valence electrons. The Kier molecular flexibility index (Phi) is 3.48. The first-order valence-electron chi connectivity index (χ1n) is 5.52. The molecule has 1 aromatic rings. The molecular formula is C13H13ClFNO. The Balaban J connectivity index is 2.36. The Bertz CT molecular complexity index is 473. The van der Waals surface area contributed by atoms with Gasteiger partial charge in [0.05, 0.1) is 6.04 Å². The molecule has 0 heterocycles. The van der Waals surface area contributed by atoms with Gasteiger partial charge in [-0.1, -0.05) is 18.2 Å².